The minimum atomic E-state index is -4.33. The number of para-hydroxylation sites is 1. The highest BCUT2D eigenvalue weighted by atomic mass is 35.5. The number of aromatic nitrogens is 2. The molecule has 12 heteroatoms. The van der Waals surface area contributed by atoms with Crippen molar-refractivity contribution in [3.8, 4) is 5.69 Å². The molecule has 0 saturated heterocycles. The molecular weight excluding hydrogens is 567 g/mol. The number of urea groups is 1. The highest BCUT2D eigenvalue weighted by Crippen LogP contribution is 2.37. The van der Waals surface area contributed by atoms with Crippen molar-refractivity contribution in [1.29, 1.82) is 0 Å². The van der Waals surface area contributed by atoms with Crippen LogP contribution < -0.4 is 10.0 Å². The summed E-state index contributed by atoms with van der Waals surface area (Å²) in [6, 6.07) is 20.7. The number of benzene rings is 4. The molecule has 1 aromatic heterocycles. The number of hydrogen-bond donors (Lipinski definition) is 2. The number of anilines is 1. The summed E-state index contributed by atoms with van der Waals surface area (Å²) in [4.78, 5) is 16.9. The van der Waals surface area contributed by atoms with E-state index in [2.05, 4.69) is 19.4 Å². The van der Waals surface area contributed by atoms with Crippen LogP contribution >= 0.6 is 35.5 Å². The largest absolute Gasteiger partial charge is 0.446 e. The fourth-order valence-electron chi connectivity index (χ4n) is 4.01. The highest BCUT2D eigenvalue weighted by molar-refractivity contribution is 8.00. The first kappa shape index (κ1) is 26.9. The smallest absolute Gasteiger partial charge is 0.306 e. The number of aryl methyl sites for hydroxylation is 1. The fourth-order valence-corrected chi connectivity index (χ4v) is 5.18. The standard InChI is InChI=1S/C27H19ClF3N5OS2/c1-16-3-2-4-22(28)24(16)34-26(37)35-39-33-14-17-5-11-21-18(13-17)6-12-23-25(21)32-15-36(23)19-7-9-20(10-8-19)38-27(29,30)31/h2-15H,1H3,(H2,34,35,37). The minimum Gasteiger partial charge on any atom is -0.306 e. The molecular formula is C27H19ClF3N5OS2. The number of carbonyl (C=O) groups is 1. The van der Waals surface area contributed by atoms with Crippen LogP contribution in [0, 0.1) is 6.92 Å². The van der Waals surface area contributed by atoms with Gasteiger partial charge in [-0.15, -0.1) is 0 Å². The average molecular weight is 586 g/mol. The first-order valence-corrected chi connectivity index (χ1v) is 13.4. The van der Waals surface area contributed by atoms with E-state index in [1.165, 1.54) is 12.1 Å². The van der Waals surface area contributed by atoms with E-state index in [0.29, 0.717) is 16.4 Å². The molecule has 0 unspecified atom stereocenters. The summed E-state index contributed by atoms with van der Waals surface area (Å²) in [5.41, 5.74) is 0.209. The topological polar surface area (TPSA) is 71.3 Å². The third-order valence-electron chi connectivity index (χ3n) is 5.76. The Morgan fingerprint density at radius 3 is 2.62 bits per heavy atom. The molecule has 0 aliphatic carbocycles. The minimum absolute atomic E-state index is 0.125. The Kier molecular flexibility index (Phi) is 7.74. The molecule has 0 atom stereocenters. The van der Waals surface area contributed by atoms with Gasteiger partial charge in [0.05, 0.1) is 33.9 Å². The van der Waals surface area contributed by atoms with Crippen molar-refractivity contribution in [2.75, 3.05) is 5.32 Å². The maximum absolute atomic E-state index is 12.6. The molecule has 4 aromatic carbocycles. The van der Waals surface area contributed by atoms with E-state index in [0.717, 1.165) is 45.1 Å². The third-order valence-corrected chi connectivity index (χ3v) is 7.30. The van der Waals surface area contributed by atoms with Crippen LogP contribution in [0.5, 0.6) is 0 Å². The van der Waals surface area contributed by atoms with Crippen LogP contribution in [-0.2, 0) is 0 Å². The number of nitrogens with one attached hydrogen (secondary N) is 2. The van der Waals surface area contributed by atoms with Gasteiger partial charge in [-0.05, 0) is 77.7 Å². The van der Waals surface area contributed by atoms with Crippen molar-refractivity contribution in [2.24, 2.45) is 4.40 Å². The second-order valence-corrected chi connectivity index (χ2v) is 10.5. The number of fused-ring (bicyclic) bond motifs is 3. The summed E-state index contributed by atoms with van der Waals surface area (Å²) in [6.07, 6.45) is 3.29. The van der Waals surface area contributed by atoms with Crippen LogP contribution in [-0.4, -0.2) is 27.3 Å². The fraction of sp³-hybridized carbons (Fsp3) is 0.0741. The predicted molar refractivity (Wildman–Crippen MR) is 154 cm³/mol. The molecule has 1 heterocycles. The maximum Gasteiger partial charge on any atom is 0.446 e. The molecule has 0 spiro atoms. The van der Waals surface area contributed by atoms with Gasteiger partial charge in [0.1, 0.15) is 6.33 Å². The van der Waals surface area contributed by atoms with E-state index >= 15 is 0 Å². The number of imidazole rings is 1. The molecule has 6 nitrogen and oxygen atoms in total. The monoisotopic (exact) mass is 585 g/mol. The Morgan fingerprint density at radius 2 is 1.87 bits per heavy atom. The van der Waals surface area contributed by atoms with Gasteiger partial charge in [-0.3, -0.25) is 9.29 Å². The highest BCUT2D eigenvalue weighted by Gasteiger charge is 2.29. The van der Waals surface area contributed by atoms with Crippen LogP contribution in [0.3, 0.4) is 0 Å². The molecule has 0 bridgehead atoms. The van der Waals surface area contributed by atoms with Crippen LogP contribution in [0.25, 0.3) is 27.5 Å². The van der Waals surface area contributed by atoms with Gasteiger partial charge in [-0.2, -0.15) is 13.2 Å². The normalized spacial score (nSPS) is 11.9. The molecule has 0 aliphatic rings. The Bertz CT molecular complexity index is 1680. The molecule has 0 radical (unpaired) electrons. The quantitative estimate of drug-likeness (QED) is 0.119. The summed E-state index contributed by atoms with van der Waals surface area (Å²) >= 11 is 6.88. The lowest BCUT2D eigenvalue weighted by Crippen LogP contribution is -2.22. The van der Waals surface area contributed by atoms with Crippen molar-refractivity contribution in [3.63, 3.8) is 0 Å². The van der Waals surface area contributed by atoms with Crippen LogP contribution in [0.1, 0.15) is 11.1 Å². The van der Waals surface area contributed by atoms with Crippen molar-refractivity contribution in [3.05, 3.63) is 95.3 Å². The van der Waals surface area contributed by atoms with E-state index in [1.807, 2.05) is 54.0 Å². The number of carbonyl (C=O) groups excluding carboxylic acids is 1. The van der Waals surface area contributed by atoms with E-state index in [4.69, 9.17) is 11.6 Å². The number of halogens is 4. The van der Waals surface area contributed by atoms with Crippen molar-refractivity contribution in [2.45, 2.75) is 17.3 Å². The van der Waals surface area contributed by atoms with Gasteiger partial charge in [0.2, 0.25) is 0 Å². The predicted octanol–water partition coefficient (Wildman–Crippen LogP) is 8.56. The van der Waals surface area contributed by atoms with Crippen molar-refractivity contribution in [1.82, 2.24) is 14.3 Å². The number of hydrogen-bond acceptors (Lipinski definition) is 5. The first-order chi connectivity index (χ1) is 18.7. The lowest BCUT2D eigenvalue weighted by molar-refractivity contribution is -0.0328. The third kappa shape index (κ3) is 6.32. The second kappa shape index (κ2) is 11.2. The number of nitrogens with zero attached hydrogens (tertiary/aromatic N) is 3. The van der Waals surface area contributed by atoms with Gasteiger partial charge >= 0.3 is 11.5 Å². The van der Waals surface area contributed by atoms with Crippen LogP contribution in [0.15, 0.2) is 88.4 Å². The van der Waals surface area contributed by atoms with E-state index in [1.54, 1.807) is 30.7 Å². The number of thioether (sulfide) groups is 1. The summed E-state index contributed by atoms with van der Waals surface area (Å²) in [7, 11) is 0. The van der Waals surface area contributed by atoms with E-state index in [9.17, 15) is 18.0 Å². The van der Waals surface area contributed by atoms with Gasteiger partial charge in [0.15, 0.2) is 0 Å². The Balaban J connectivity index is 1.27. The van der Waals surface area contributed by atoms with E-state index < -0.39 is 11.5 Å². The number of alkyl halides is 3. The zero-order chi connectivity index (χ0) is 27.6. The molecule has 5 aromatic rings. The molecule has 0 fully saturated rings. The molecule has 0 saturated carbocycles. The maximum atomic E-state index is 12.6. The summed E-state index contributed by atoms with van der Waals surface area (Å²) in [5.74, 6) is 0. The van der Waals surface area contributed by atoms with Gasteiger partial charge in [-0.1, -0.05) is 41.9 Å². The van der Waals surface area contributed by atoms with Crippen molar-refractivity contribution < 1.29 is 18.0 Å². The number of amides is 2. The first-order valence-electron chi connectivity index (χ1n) is 11.5. The zero-order valence-corrected chi connectivity index (χ0v) is 22.6. The Hall–Kier alpha value is -3.67. The molecule has 0 aliphatic heterocycles. The van der Waals surface area contributed by atoms with Gasteiger partial charge in [0.25, 0.3) is 0 Å². The van der Waals surface area contributed by atoms with Crippen LogP contribution in [0.2, 0.25) is 5.02 Å². The lowest BCUT2D eigenvalue weighted by atomic mass is 10.1. The van der Waals surface area contributed by atoms with Gasteiger partial charge < -0.3 is 5.32 Å². The van der Waals surface area contributed by atoms with Crippen molar-refractivity contribution >= 4 is 75.2 Å². The molecule has 2 amide bonds. The molecule has 5 rings (SSSR count). The number of rotatable bonds is 6. The van der Waals surface area contributed by atoms with Crippen LogP contribution in [0.4, 0.5) is 23.7 Å². The second-order valence-electron chi connectivity index (χ2n) is 8.38. The Morgan fingerprint density at radius 1 is 1.08 bits per heavy atom. The SMILES string of the molecule is Cc1cccc(Cl)c1NC(=O)NSN=Cc1ccc2c(ccc3c2ncn3-c2ccc(SC(F)(F)F)cc2)c1. The Labute approximate surface area is 234 Å². The zero-order valence-electron chi connectivity index (χ0n) is 20.2. The summed E-state index contributed by atoms with van der Waals surface area (Å²) < 4.78 is 46.5. The van der Waals surface area contributed by atoms with E-state index in [-0.39, 0.29) is 16.7 Å². The summed E-state index contributed by atoms with van der Waals surface area (Å²) in [6.45, 7) is 1.85. The summed E-state index contributed by atoms with van der Waals surface area (Å²) in [5, 5.41) is 5.03. The lowest BCUT2D eigenvalue weighted by Gasteiger charge is -2.09. The van der Waals surface area contributed by atoms with Gasteiger partial charge in [0, 0.05) is 22.2 Å². The van der Waals surface area contributed by atoms with Gasteiger partial charge in [-0.25, -0.2) is 14.2 Å². The average Bonchev–Trinajstić information content (AvgIpc) is 3.33. The molecule has 2 N–H and O–H groups in total. The molecule has 39 heavy (non-hydrogen) atoms. The molecule has 198 valence electrons.